The Labute approximate surface area is 82.3 Å². The number of hydrogen-bond donors (Lipinski definition) is 2. The van der Waals surface area contributed by atoms with Crippen molar-refractivity contribution in [3.8, 4) is 11.5 Å². The minimum atomic E-state index is 0.0772. The molecule has 0 radical (unpaired) electrons. The number of benzene rings is 1. The van der Waals surface area contributed by atoms with E-state index in [2.05, 4.69) is 0 Å². The molecule has 0 aromatic heterocycles. The van der Waals surface area contributed by atoms with Crippen LogP contribution in [0, 0.1) is 0 Å². The Hall–Kier alpha value is -1.42. The van der Waals surface area contributed by atoms with Crippen LogP contribution in [0.1, 0.15) is 0 Å². The number of aromatic hydroxyl groups is 1. The molecule has 0 bridgehead atoms. The number of anilines is 1. The molecule has 4 heteroatoms. The number of hydrogen-bond acceptors (Lipinski definition) is 4. The van der Waals surface area contributed by atoms with Gasteiger partial charge in [-0.15, -0.1) is 0 Å². The van der Waals surface area contributed by atoms with E-state index in [-0.39, 0.29) is 12.4 Å². The minimum absolute atomic E-state index is 0.0772. The first-order valence-electron chi connectivity index (χ1n) is 4.63. The van der Waals surface area contributed by atoms with Crippen LogP contribution in [0.2, 0.25) is 0 Å². The number of nitrogens with zero attached hydrogens (tertiary/aromatic N) is 1. The minimum Gasteiger partial charge on any atom is -0.506 e. The summed E-state index contributed by atoms with van der Waals surface area (Å²) in [6.07, 6.45) is 0. The monoisotopic (exact) mass is 195 g/mol. The lowest BCUT2D eigenvalue weighted by molar-refractivity contribution is 0.276. The van der Waals surface area contributed by atoms with Crippen molar-refractivity contribution in [1.82, 2.24) is 0 Å². The van der Waals surface area contributed by atoms with Gasteiger partial charge in [0.25, 0.3) is 0 Å². The molecule has 0 spiro atoms. The van der Waals surface area contributed by atoms with Gasteiger partial charge in [0.2, 0.25) is 0 Å². The molecule has 1 heterocycles. The van der Waals surface area contributed by atoms with Crippen LogP contribution in [-0.2, 0) is 0 Å². The number of aliphatic hydroxyl groups is 1. The Balaban J connectivity index is 2.36. The fraction of sp³-hybridized carbons (Fsp3) is 0.400. The Morgan fingerprint density at radius 3 is 3.07 bits per heavy atom. The molecule has 2 rings (SSSR count). The van der Waals surface area contributed by atoms with Crippen LogP contribution in [0.5, 0.6) is 11.5 Å². The van der Waals surface area contributed by atoms with Gasteiger partial charge in [0.1, 0.15) is 23.8 Å². The molecular formula is C10H13NO3. The molecule has 1 aromatic carbocycles. The summed E-state index contributed by atoms with van der Waals surface area (Å²) in [5, 5.41) is 18.5. The van der Waals surface area contributed by atoms with Gasteiger partial charge in [0.15, 0.2) is 0 Å². The predicted molar refractivity (Wildman–Crippen MR) is 52.9 cm³/mol. The molecule has 76 valence electrons. The number of para-hydroxylation sites is 1. The van der Waals surface area contributed by atoms with Crippen LogP contribution in [0.4, 0.5) is 5.69 Å². The van der Waals surface area contributed by atoms with Crippen LogP contribution >= 0.6 is 0 Å². The standard InChI is InChI=1S/C10H13NO3/c12-6-4-11-5-7-14-9-3-1-2-8(13)10(9)11/h1-3,12-13H,4-7H2. The van der Waals surface area contributed by atoms with E-state index in [0.717, 1.165) is 0 Å². The van der Waals surface area contributed by atoms with Crippen molar-refractivity contribution >= 4 is 5.69 Å². The van der Waals surface area contributed by atoms with Gasteiger partial charge in [-0.1, -0.05) is 6.07 Å². The zero-order valence-electron chi connectivity index (χ0n) is 7.81. The molecule has 0 fully saturated rings. The maximum Gasteiger partial charge on any atom is 0.146 e. The molecule has 0 unspecified atom stereocenters. The molecule has 2 N–H and O–H groups in total. The van der Waals surface area contributed by atoms with Gasteiger partial charge >= 0.3 is 0 Å². The Bertz CT molecular complexity index is 327. The van der Waals surface area contributed by atoms with Crippen molar-refractivity contribution in [2.24, 2.45) is 0 Å². The molecular weight excluding hydrogens is 182 g/mol. The molecule has 0 saturated carbocycles. The van der Waals surface area contributed by atoms with E-state index in [1.54, 1.807) is 12.1 Å². The number of fused-ring (bicyclic) bond motifs is 1. The first-order valence-corrected chi connectivity index (χ1v) is 4.63. The van der Waals surface area contributed by atoms with Crippen LogP contribution < -0.4 is 9.64 Å². The largest absolute Gasteiger partial charge is 0.506 e. The highest BCUT2D eigenvalue weighted by molar-refractivity contribution is 5.68. The van der Waals surface area contributed by atoms with Crippen LogP contribution in [0.15, 0.2) is 18.2 Å². The van der Waals surface area contributed by atoms with E-state index >= 15 is 0 Å². The highest BCUT2D eigenvalue weighted by Gasteiger charge is 2.20. The smallest absolute Gasteiger partial charge is 0.146 e. The van der Waals surface area contributed by atoms with E-state index in [0.29, 0.717) is 31.1 Å². The molecule has 0 saturated heterocycles. The number of β-amino-alcohol motifs (C(OH)–C–C–N with tert-alkyl or cyclic N) is 1. The summed E-state index contributed by atoms with van der Waals surface area (Å²) < 4.78 is 5.40. The maximum atomic E-state index is 9.65. The second-order valence-corrected chi connectivity index (χ2v) is 3.18. The van der Waals surface area contributed by atoms with Crippen LogP contribution in [0.25, 0.3) is 0 Å². The van der Waals surface area contributed by atoms with Gasteiger partial charge < -0.3 is 19.8 Å². The first-order chi connectivity index (χ1) is 6.83. The Morgan fingerprint density at radius 1 is 1.43 bits per heavy atom. The van der Waals surface area contributed by atoms with Gasteiger partial charge in [-0.2, -0.15) is 0 Å². The normalized spacial score (nSPS) is 14.8. The second kappa shape index (κ2) is 3.75. The van der Waals surface area contributed by atoms with E-state index < -0.39 is 0 Å². The average Bonchev–Trinajstić information content (AvgIpc) is 2.19. The van der Waals surface area contributed by atoms with Gasteiger partial charge in [-0.05, 0) is 12.1 Å². The zero-order chi connectivity index (χ0) is 9.97. The number of phenolic OH excluding ortho intramolecular Hbond substituents is 1. The molecule has 1 aliphatic heterocycles. The van der Waals surface area contributed by atoms with E-state index in [1.807, 2.05) is 11.0 Å². The van der Waals surface area contributed by atoms with Crippen LogP contribution in [-0.4, -0.2) is 36.5 Å². The summed E-state index contributed by atoms with van der Waals surface area (Å²) in [7, 11) is 0. The molecule has 0 atom stereocenters. The maximum absolute atomic E-state index is 9.65. The molecule has 14 heavy (non-hydrogen) atoms. The number of rotatable bonds is 2. The zero-order valence-corrected chi connectivity index (χ0v) is 7.81. The summed E-state index contributed by atoms with van der Waals surface area (Å²) in [5.41, 5.74) is 0.688. The van der Waals surface area contributed by atoms with E-state index in [1.165, 1.54) is 0 Å². The highest BCUT2D eigenvalue weighted by Crippen LogP contribution is 2.38. The van der Waals surface area contributed by atoms with Crippen molar-refractivity contribution in [3.63, 3.8) is 0 Å². The van der Waals surface area contributed by atoms with Crippen molar-refractivity contribution in [2.45, 2.75) is 0 Å². The summed E-state index contributed by atoms with van der Waals surface area (Å²) >= 11 is 0. The number of ether oxygens (including phenoxy) is 1. The van der Waals surface area contributed by atoms with Crippen LogP contribution in [0.3, 0.4) is 0 Å². The molecule has 0 aliphatic carbocycles. The van der Waals surface area contributed by atoms with Crippen molar-refractivity contribution in [2.75, 3.05) is 31.2 Å². The van der Waals surface area contributed by atoms with Gasteiger partial charge in [-0.3, -0.25) is 0 Å². The average molecular weight is 195 g/mol. The van der Waals surface area contributed by atoms with Crippen molar-refractivity contribution < 1.29 is 14.9 Å². The summed E-state index contributed by atoms with van der Waals surface area (Å²) in [6.45, 7) is 1.89. The fourth-order valence-electron chi connectivity index (χ4n) is 1.67. The number of phenols is 1. The third-order valence-electron chi connectivity index (χ3n) is 2.28. The highest BCUT2D eigenvalue weighted by atomic mass is 16.5. The summed E-state index contributed by atoms with van der Waals surface area (Å²) in [5.74, 6) is 0.889. The Morgan fingerprint density at radius 2 is 2.29 bits per heavy atom. The summed E-state index contributed by atoms with van der Waals surface area (Å²) in [4.78, 5) is 1.92. The fourth-order valence-corrected chi connectivity index (χ4v) is 1.67. The predicted octanol–water partition coefficient (Wildman–Crippen LogP) is 0.583. The van der Waals surface area contributed by atoms with Crippen molar-refractivity contribution in [3.05, 3.63) is 18.2 Å². The Kier molecular flexibility index (Phi) is 2.45. The molecule has 1 aliphatic rings. The third-order valence-corrected chi connectivity index (χ3v) is 2.28. The second-order valence-electron chi connectivity index (χ2n) is 3.18. The molecule has 4 nitrogen and oxygen atoms in total. The lowest BCUT2D eigenvalue weighted by atomic mass is 10.2. The molecule has 0 amide bonds. The quantitative estimate of drug-likeness (QED) is 0.725. The lowest BCUT2D eigenvalue weighted by Gasteiger charge is -2.31. The lowest BCUT2D eigenvalue weighted by Crippen LogP contribution is -2.34. The SMILES string of the molecule is OCCN1CCOc2cccc(O)c21. The first kappa shape index (κ1) is 9.15. The topological polar surface area (TPSA) is 52.9 Å². The third kappa shape index (κ3) is 1.48. The van der Waals surface area contributed by atoms with Gasteiger partial charge in [0.05, 0.1) is 13.2 Å². The molecule has 1 aromatic rings. The van der Waals surface area contributed by atoms with Crippen molar-refractivity contribution in [1.29, 1.82) is 0 Å². The van der Waals surface area contributed by atoms with E-state index in [9.17, 15) is 5.11 Å². The van der Waals surface area contributed by atoms with E-state index in [4.69, 9.17) is 9.84 Å². The van der Waals surface area contributed by atoms with Gasteiger partial charge in [-0.25, -0.2) is 0 Å². The van der Waals surface area contributed by atoms with Gasteiger partial charge in [0, 0.05) is 6.54 Å². The summed E-state index contributed by atoms with van der Waals surface area (Å²) in [6, 6.07) is 5.19. The number of aliphatic hydroxyl groups excluding tert-OH is 1.